The smallest absolute Gasteiger partial charge is 0.326 e. The van der Waals surface area contributed by atoms with E-state index in [-0.39, 0.29) is 34.5 Å². The quantitative estimate of drug-likeness (QED) is 0.347. The maximum atomic E-state index is 13.3. The summed E-state index contributed by atoms with van der Waals surface area (Å²) in [5.74, 6) is -1.12. The van der Waals surface area contributed by atoms with Crippen LogP contribution in [0.2, 0.25) is 5.02 Å². The van der Waals surface area contributed by atoms with Gasteiger partial charge in [0.15, 0.2) is 0 Å². The highest BCUT2D eigenvalue weighted by atomic mass is 35.5. The lowest BCUT2D eigenvalue weighted by atomic mass is 10.2. The van der Waals surface area contributed by atoms with Crippen LogP contribution >= 0.6 is 11.6 Å². The first-order chi connectivity index (χ1) is 16.6. The SMILES string of the molecule is O=C(CCn1c(=O)[nH]c(=O)c2ccccc21)Nc1ccc(NS(=O)(=O)c2ccc(F)c(Cl)c2)cc1. The molecule has 1 amide bonds. The molecule has 9 nitrogen and oxygen atoms in total. The van der Waals surface area contributed by atoms with Crippen molar-refractivity contribution < 1.29 is 17.6 Å². The van der Waals surface area contributed by atoms with Crippen molar-refractivity contribution in [3.63, 3.8) is 0 Å². The van der Waals surface area contributed by atoms with Crippen LogP contribution in [0.25, 0.3) is 10.9 Å². The van der Waals surface area contributed by atoms with E-state index in [4.69, 9.17) is 11.6 Å². The predicted molar refractivity (Wildman–Crippen MR) is 131 cm³/mol. The minimum absolute atomic E-state index is 0.0417. The van der Waals surface area contributed by atoms with Crippen LogP contribution < -0.4 is 21.3 Å². The molecule has 180 valence electrons. The number of nitrogens with one attached hydrogen (secondary N) is 3. The Morgan fingerprint density at radius 2 is 1.69 bits per heavy atom. The summed E-state index contributed by atoms with van der Waals surface area (Å²) in [5, 5.41) is 2.69. The average Bonchev–Trinajstić information content (AvgIpc) is 2.81. The van der Waals surface area contributed by atoms with Gasteiger partial charge in [-0.3, -0.25) is 23.9 Å². The molecule has 0 bridgehead atoms. The van der Waals surface area contributed by atoms with Gasteiger partial charge in [-0.25, -0.2) is 17.6 Å². The van der Waals surface area contributed by atoms with Crippen molar-refractivity contribution in [2.24, 2.45) is 0 Å². The molecule has 0 aliphatic rings. The van der Waals surface area contributed by atoms with E-state index in [1.165, 1.54) is 28.8 Å². The number of carbonyl (C=O) groups excluding carboxylic acids is 1. The summed E-state index contributed by atoms with van der Waals surface area (Å²) in [6.07, 6.45) is -0.0460. The van der Waals surface area contributed by atoms with Crippen LogP contribution in [0.3, 0.4) is 0 Å². The zero-order chi connectivity index (χ0) is 25.2. The number of amides is 1. The first-order valence-corrected chi connectivity index (χ1v) is 12.1. The third kappa shape index (κ3) is 5.42. The fourth-order valence-corrected chi connectivity index (χ4v) is 4.71. The predicted octanol–water partition coefficient (Wildman–Crippen LogP) is 3.31. The summed E-state index contributed by atoms with van der Waals surface area (Å²) < 4.78 is 41.9. The maximum absolute atomic E-state index is 13.3. The third-order valence-corrected chi connectivity index (χ3v) is 6.76. The molecular formula is C23H18ClFN4O5S. The number of hydrogen-bond donors (Lipinski definition) is 3. The lowest BCUT2D eigenvalue weighted by Gasteiger charge is -2.11. The standard InChI is InChI=1S/C23H18ClFN4O5S/c24-18-13-16(9-10-19(18)25)35(33,34)28-15-7-5-14(6-8-15)26-21(30)11-12-29-20-4-2-1-3-17(20)22(31)27-23(29)32/h1-10,13,28H,11-12H2,(H,26,30)(H,27,31,32). The summed E-state index contributed by atoms with van der Waals surface area (Å²) in [4.78, 5) is 38.6. The summed E-state index contributed by atoms with van der Waals surface area (Å²) in [7, 11) is -4.00. The minimum atomic E-state index is -4.00. The van der Waals surface area contributed by atoms with E-state index in [2.05, 4.69) is 15.0 Å². The second kappa shape index (κ2) is 9.72. The summed E-state index contributed by atoms with van der Waals surface area (Å²) in [6.45, 7) is 0.0417. The monoisotopic (exact) mass is 516 g/mol. The first-order valence-electron chi connectivity index (χ1n) is 10.2. The Hall–Kier alpha value is -3.96. The number of nitrogens with zero attached hydrogens (tertiary/aromatic N) is 1. The van der Waals surface area contributed by atoms with Crippen LogP contribution in [0.4, 0.5) is 15.8 Å². The first kappa shape index (κ1) is 24.2. The van der Waals surface area contributed by atoms with E-state index in [9.17, 15) is 27.2 Å². The highest BCUT2D eigenvalue weighted by Gasteiger charge is 2.16. The number of sulfonamides is 1. The Bertz CT molecular complexity index is 1650. The Kier molecular flexibility index (Phi) is 6.72. The number of aromatic nitrogens is 2. The van der Waals surface area contributed by atoms with Crippen molar-refractivity contribution >= 4 is 49.8 Å². The van der Waals surface area contributed by atoms with Crippen molar-refractivity contribution in [2.45, 2.75) is 17.9 Å². The number of hydrogen-bond acceptors (Lipinski definition) is 5. The normalized spacial score (nSPS) is 11.4. The zero-order valence-corrected chi connectivity index (χ0v) is 19.5. The van der Waals surface area contributed by atoms with Gasteiger partial charge in [0, 0.05) is 24.3 Å². The number of para-hydroxylation sites is 1. The molecule has 0 spiro atoms. The molecule has 12 heteroatoms. The lowest BCUT2D eigenvalue weighted by molar-refractivity contribution is -0.116. The van der Waals surface area contributed by atoms with E-state index >= 15 is 0 Å². The van der Waals surface area contributed by atoms with Crippen LogP contribution in [0.5, 0.6) is 0 Å². The van der Waals surface area contributed by atoms with Gasteiger partial charge in [-0.05, 0) is 54.6 Å². The number of aromatic amines is 1. The number of carbonyl (C=O) groups is 1. The fourth-order valence-electron chi connectivity index (χ4n) is 3.38. The highest BCUT2D eigenvalue weighted by molar-refractivity contribution is 7.92. The van der Waals surface area contributed by atoms with Gasteiger partial charge in [-0.15, -0.1) is 0 Å². The van der Waals surface area contributed by atoms with E-state index in [1.807, 2.05) is 0 Å². The average molecular weight is 517 g/mol. The van der Waals surface area contributed by atoms with Crippen molar-refractivity contribution in [2.75, 3.05) is 10.0 Å². The number of aryl methyl sites for hydroxylation is 1. The Balaban J connectivity index is 1.41. The number of fused-ring (bicyclic) bond motifs is 1. The van der Waals surface area contributed by atoms with Gasteiger partial charge >= 0.3 is 5.69 Å². The molecule has 0 fully saturated rings. The van der Waals surface area contributed by atoms with Crippen LogP contribution in [-0.2, 0) is 21.4 Å². The van der Waals surface area contributed by atoms with E-state index < -0.39 is 27.1 Å². The van der Waals surface area contributed by atoms with Gasteiger partial charge in [0.25, 0.3) is 15.6 Å². The van der Waals surface area contributed by atoms with Gasteiger partial charge in [0.1, 0.15) is 5.82 Å². The maximum Gasteiger partial charge on any atom is 0.328 e. The molecule has 35 heavy (non-hydrogen) atoms. The molecule has 0 aliphatic carbocycles. The molecule has 0 radical (unpaired) electrons. The largest absolute Gasteiger partial charge is 0.328 e. The molecule has 4 rings (SSSR count). The van der Waals surface area contributed by atoms with Crippen LogP contribution in [0.15, 0.2) is 81.2 Å². The lowest BCUT2D eigenvalue weighted by Crippen LogP contribution is -2.31. The van der Waals surface area contributed by atoms with Crippen LogP contribution in [0.1, 0.15) is 6.42 Å². The van der Waals surface area contributed by atoms with Gasteiger partial charge < -0.3 is 5.32 Å². The molecule has 1 heterocycles. The summed E-state index contributed by atoms with van der Waals surface area (Å²) >= 11 is 5.66. The number of anilines is 2. The number of rotatable bonds is 7. The van der Waals surface area contributed by atoms with Gasteiger partial charge in [-0.1, -0.05) is 23.7 Å². The molecule has 0 atom stereocenters. The molecule has 4 aromatic rings. The summed E-state index contributed by atoms with van der Waals surface area (Å²) in [5.41, 5.74) is -0.0607. The molecule has 0 saturated carbocycles. The second-order valence-corrected chi connectivity index (χ2v) is 9.57. The third-order valence-electron chi connectivity index (χ3n) is 5.09. The molecular weight excluding hydrogens is 499 g/mol. The molecule has 3 N–H and O–H groups in total. The second-order valence-electron chi connectivity index (χ2n) is 7.49. The molecule has 0 saturated heterocycles. The van der Waals surface area contributed by atoms with Crippen molar-refractivity contribution in [3.05, 3.63) is 98.4 Å². The van der Waals surface area contributed by atoms with E-state index in [0.29, 0.717) is 16.6 Å². The van der Waals surface area contributed by atoms with E-state index in [0.717, 1.165) is 18.2 Å². The number of benzene rings is 3. The molecule has 3 aromatic carbocycles. The Morgan fingerprint density at radius 1 is 1.00 bits per heavy atom. The van der Waals surface area contributed by atoms with Crippen molar-refractivity contribution in [3.8, 4) is 0 Å². The minimum Gasteiger partial charge on any atom is -0.326 e. The summed E-state index contributed by atoms with van der Waals surface area (Å²) in [6, 6.07) is 15.5. The van der Waals surface area contributed by atoms with Crippen molar-refractivity contribution in [1.29, 1.82) is 0 Å². The van der Waals surface area contributed by atoms with Gasteiger partial charge in [-0.2, -0.15) is 0 Å². The number of halogens is 2. The van der Waals surface area contributed by atoms with Crippen LogP contribution in [-0.4, -0.2) is 23.9 Å². The number of H-pyrrole nitrogens is 1. The zero-order valence-electron chi connectivity index (χ0n) is 17.9. The van der Waals surface area contributed by atoms with Crippen LogP contribution in [0, 0.1) is 5.82 Å². The Morgan fingerprint density at radius 3 is 2.40 bits per heavy atom. The van der Waals surface area contributed by atoms with Gasteiger partial charge in [0.05, 0.1) is 20.8 Å². The molecule has 0 aliphatic heterocycles. The molecule has 0 unspecified atom stereocenters. The fraction of sp³-hybridized carbons (Fsp3) is 0.0870. The topological polar surface area (TPSA) is 130 Å². The Labute approximate surface area is 203 Å². The molecule has 1 aromatic heterocycles. The van der Waals surface area contributed by atoms with Gasteiger partial charge in [0.2, 0.25) is 5.91 Å². The highest BCUT2D eigenvalue weighted by Crippen LogP contribution is 2.22. The van der Waals surface area contributed by atoms with Crippen molar-refractivity contribution in [1.82, 2.24) is 9.55 Å². The van der Waals surface area contributed by atoms with E-state index in [1.54, 1.807) is 24.3 Å².